The summed E-state index contributed by atoms with van der Waals surface area (Å²) in [6, 6.07) is 11.9. The number of para-hydroxylation sites is 1. The Labute approximate surface area is 163 Å². The average molecular weight is 384 g/mol. The summed E-state index contributed by atoms with van der Waals surface area (Å²) in [5.41, 5.74) is 6.45. The molecule has 2 aromatic rings. The standard InChI is InChI=1S/C20H24N4O4/c1-12(2)17(24-18(25)15-6-4-5-7-16(15)28-3)19(26)22-13-8-10-14(11-9-13)23-20(21)27/h4-12,17H,1-3H3,(H,22,26)(H,24,25)(H3,21,23,27). The summed E-state index contributed by atoms with van der Waals surface area (Å²) in [6.45, 7) is 3.68. The minimum atomic E-state index is -0.749. The highest BCUT2D eigenvalue weighted by molar-refractivity contribution is 6.02. The van der Waals surface area contributed by atoms with Gasteiger partial charge in [-0.2, -0.15) is 0 Å². The maximum absolute atomic E-state index is 12.7. The lowest BCUT2D eigenvalue weighted by atomic mass is 10.0. The second-order valence-corrected chi connectivity index (χ2v) is 6.45. The molecule has 2 aromatic carbocycles. The predicted molar refractivity (Wildman–Crippen MR) is 107 cm³/mol. The topological polar surface area (TPSA) is 123 Å². The van der Waals surface area contributed by atoms with Gasteiger partial charge in [-0.05, 0) is 42.3 Å². The van der Waals surface area contributed by atoms with Crippen LogP contribution >= 0.6 is 0 Å². The summed E-state index contributed by atoms with van der Waals surface area (Å²) in [4.78, 5) is 36.2. The van der Waals surface area contributed by atoms with E-state index in [2.05, 4.69) is 16.0 Å². The number of nitrogens with one attached hydrogen (secondary N) is 3. The van der Waals surface area contributed by atoms with Crippen molar-refractivity contribution in [1.29, 1.82) is 0 Å². The molecular weight excluding hydrogens is 360 g/mol. The molecule has 8 heteroatoms. The Hall–Kier alpha value is -3.55. The molecule has 0 radical (unpaired) electrons. The molecule has 0 saturated carbocycles. The van der Waals surface area contributed by atoms with Crippen LogP contribution in [0.4, 0.5) is 16.2 Å². The van der Waals surface area contributed by atoms with E-state index in [9.17, 15) is 14.4 Å². The maximum atomic E-state index is 12.7. The molecule has 1 atom stereocenters. The van der Waals surface area contributed by atoms with E-state index in [0.717, 1.165) is 0 Å². The first-order chi connectivity index (χ1) is 13.3. The number of rotatable bonds is 7. The molecular formula is C20H24N4O4. The molecule has 4 amide bonds. The highest BCUT2D eigenvalue weighted by Gasteiger charge is 2.25. The first-order valence-electron chi connectivity index (χ1n) is 8.73. The zero-order valence-electron chi connectivity index (χ0n) is 16.0. The number of methoxy groups -OCH3 is 1. The minimum absolute atomic E-state index is 0.144. The van der Waals surface area contributed by atoms with Crippen LogP contribution in [0.5, 0.6) is 5.75 Å². The Bertz CT molecular complexity index is 850. The molecule has 0 spiro atoms. The molecule has 0 heterocycles. The number of nitrogens with two attached hydrogens (primary N) is 1. The third-order valence-corrected chi connectivity index (χ3v) is 4.01. The number of carbonyl (C=O) groups excluding carboxylic acids is 3. The molecule has 0 saturated heterocycles. The lowest BCUT2D eigenvalue weighted by molar-refractivity contribution is -0.118. The van der Waals surface area contributed by atoms with Crippen LogP contribution < -0.4 is 26.4 Å². The molecule has 148 valence electrons. The van der Waals surface area contributed by atoms with Crippen molar-refractivity contribution in [2.45, 2.75) is 19.9 Å². The molecule has 8 nitrogen and oxygen atoms in total. The van der Waals surface area contributed by atoms with Crippen LogP contribution in [0.15, 0.2) is 48.5 Å². The lowest BCUT2D eigenvalue weighted by Gasteiger charge is -2.22. The van der Waals surface area contributed by atoms with Gasteiger partial charge in [0, 0.05) is 11.4 Å². The molecule has 0 aliphatic carbocycles. The summed E-state index contributed by atoms with van der Waals surface area (Å²) in [6.07, 6.45) is 0. The molecule has 0 fully saturated rings. The van der Waals surface area contributed by atoms with Crippen LogP contribution in [0.2, 0.25) is 0 Å². The van der Waals surface area contributed by atoms with Gasteiger partial charge in [0.15, 0.2) is 0 Å². The summed E-state index contributed by atoms with van der Waals surface area (Å²) in [5.74, 6) is -0.462. The number of primary amides is 1. The molecule has 0 aliphatic rings. The van der Waals surface area contributed by atoms with E-state index in [1.807, 2.05) is 13.8 Å². The van der Waals surface area contributed by atoms with Crippen molar-refractivity contribution in [3.05, 3.63) is 54.1 Å². The molecule has 0 aromatic heterocycles. The first kappa shape index (κ1) is 20.8. The minimum Gasteiger partial charge on any atom is -0.496 e. The molecule has 2 rings (SSSR count). The molecule has 1 unspecified atom stereocenters. The highest BCUT2D eigenvalue weighted by atomic mass is 16.5. The molecule has 5 N–H and O–H groups in total. The summed E-state index contributed by atoms with van der Waals surface area (Å²) >= 11 is 0. The van der Waals surface area contributed by atoms with Crippen molar-refractivity contribution in [3.8, 4) is 5.75 Å². The first-order valence-corrected chi connectivity index (χ1v) is 8.73. The number of ether oxygens (including phenoxy) is 1. The van der Waals surface area contributed by atoms with Gasteiger partial charge in [-0.25, -0.2) is 4.79 Å². The Morgan fingerprint density at radius 2 is 1.50 bits per heavy atom. The largest absolute Gasteiger partial charge is 0.496 e. The summed E-state index contributed by atoms with van der Waals surface area (Å²) < 4.78 is 5.20. The van der Waals surface area contributed by atoms with E-state index < -0.39 is 18.0 Å². The van der Waals surface area contributed by atoms with E-state index in [1.54, 1.807) is 48.5 Å². The normalized spacial score (nSPS) is 11.4. The SMILES string of the molecule is COc1ccccc1C(=O)NC(C(=O)Nc1ccc(NC(N)=O)cc1)C(C)C. The van der Waals surface area contributed by atoms with Crippen molar-refractivity contribution in [2.24, 2.45) is 11.7 Å². The van der Waals surface area contributed by atoms with E-state index in [-0.39, 0.29) is 11.8 Å². The Kier molecular flexibility index (Phi) is 6.97. The molecule has 0 aliphatic heterocycles. The fourth-order valence-electron chi connectivity index (χ4n) is 2.59. The number of anilines is 2. The van der Waals surface area contributed by atoms with Crippen LogP contribution in [0, 0.1) is 5.92 Å². The fraction of sp³-hybridized carbons (Fsp3) is 0.250. The van der Waals surface area contributed by atoms with Crippen molar-refractivity contribution >= 4 is 29.2 Å². The quantitative estimate of drug-likeness (QED) is 0.586. The van der Waals surface area contributed by atoms with Crippen molar-refractivity contribution in [3.63, 3.8) is 0 Å². The average Bonchev–Trinajstić information content (AvgIpc) is 2.66. The van der Waals surface area contributed by atoms with Crippen molar-refractivity contribution in [1.82, 2.24) is 5.32 Å². The monoisotopic (exact) mass is 384 g/mol. The van der Waals surface area contributed by atoms with Gasteiger partial charge in [0.05, 0.1) is 12.7 Å². The maximum Gasteiger partial charge on any atom is 0.316 e. The van der Waals surface area contributed by atoms with E-state index >= 15 is 0 Å². The number of hydrogen-bond acceptors (Lipinski definition) is 4. The summed E-state index contributed by atoms with van der Waals surface area (Å²) in [7, 11) is 1.48. The fourth-order valence-corrected chi connectivity index (χ4v) is 2.59. The van der Waals surface area contributed by atoms with Crippen LogP contribution in [0.3, 0.4) is 0 Å². The Morgan fingerprint density at radius 3 is 2.04 bits per heavy atom. The van der Waals surface area contributed by atoms with Gasteiger partial charge in [-0.1, -0.05) is 26.0 Å². The smallest absolute Gasteiger partial charge is 0.316 e. The van der Waals surface area contributed by atoms with Gasteiger partial charge in [-0.3, -0.25) is 9.59 Å². The zero-order valence-corrected chi connectivity index (χ0v) is 16.0. The Morgan fingerprint density at radius 1 is 0.929 bits per heavy atom. The number of benzene rings is 2. The summed E-state index contributed by atoms with van der Waals surface area (Å²) in [5, 5.41) is 7.96. The number of hydrogen-bond donors (Lipinski definition) is 4. The van der Waals surface area contributed by atoms with Crippen LogP contribution in [0.1, 0.15) is 24.2 Å². The zero-order chi connectivity index (χ0) is 20.7. The van der Waals surface area contributed by atoms with Gasteiger partial charge in [0.25, 0.3) is 5.91 Å². The highest BCUT2D eigenvalue weighted by Crippen LogP contribution is 2.18. The second kappa shape index (κ2) is 9.40. The third-order valence-electron chi connectivity index (χ3n) is 4.01. The van der Waals surface area contributed by atoms with Gasteiger partial charge in [-0.15, -0.1) is 0 Å². The number of amides is 4. The lowest BCUT2D eigenvalue weighted by Crippen LogP contribution is -2.47. The molecule has 0 bridgehead atoms. The Balaban J connectivity index is 2.09. The van der Waals surface area contributed by atoms with E-state index in [4.69, 9.17) is 10.5 Å². The second-order valence-electron chi connectivity index (χ2n) is 6.45. The van der Waals surface area contributed by atoms with Gasteiger partial charge in [0.2, 0.25) is 5.91 Å². The predicted octanol–water partition coefficient (Wildman–Crippen LogP) is 2.58. The van der Waals surface area contributed by atoms with Gasteiger partial charge in [0.1, 0.15) is 11.8 Å². The van der Waals surface area contributed by atoms with Gasteiger partial charge >= 0.3 is 6.03 Å². The van der Waals surface area contributed by atoms with Crippen molar-refractivity contribution in [2.75, 3.05) is 17.7 Å². The number of carbonyl (C=O) groups is 3. The third kappa shape index (κ3) is 5.47. The van der Waals surface area contributed by atoms with Crippen LogP contribution in [-0.4, -0.2) is 31.0 Å². The van der Waals surface area contributed by atoms with Crippen LogP contribution in [0.25, 0.3) is 0 Å². The number of urea groups is 1. The van der Waals surface area contributed by atoms with Gasteiger partial charge < -0.3 is 26.4 Å². The molecule has 28 heavy (non-hydrogen) atoms. The van der Waals surface area contributed by atoms with Crippen molar-refractivity contribution < 1.29 is 19.1 Å². The van der Waals surface area contributed by atoms with E-state index in [0.29, 0.717) is 22.7 Å². The van der Waals surface area contributed by atoms with E-state index in [1.165, 1.54) is 7.11 Å². The van der Waals surface area contributed by atoms with Crippen LogP contribution in [-0.2, 0) is 4.79 Å².